The normalized spacial score (nSPS) is 10.6. The van der Waals surface area contributed by atoms with E-state index in [9.17, 15) is 4.79 Å². The van der Waals surface area contributed by atoms with Gasteiger partial charge in [-0.1, -0.05) is 0 Å². The van der Waals surface area contributed by atoms with E-state index in [1.165, 1.54) is 0 Å². The second-order valence-electron chi connectivity index (χ2n) is 4.70. The molecule has 0 bridgehead atoms. The molecule has 1 rings (SSSR count). The van der Waals surface area contributed by atoms with Gasteiger partial charge in [-0.2, -0.15) is 0 Å². The van der Waals surface area contributed by atoms with Gasteiger partial charge in [0.05, 0.1) is 13.2 Å². The highest BCUT2D eigenvalue weighted by Gasteiger charge is 2.06. The molecule has 0 saturated heterocycles. The molecule has 1 amide bonds. The van der Waals surface area contributed by atoms with Crippen LogP contribution in [0.3, 0.4) is 0 Å². The summed E-state index contributed by atoms with van der Waals surface area (Å²) in [4.78, 5) is 13.9. The van der Waals surface area contributed by atoms with Crippen LogP contribution in [-0.4, -0.2) is 51.1 Å². The topological polar surface area (TPSA) is 53.6 Å². The Morgan fingerprint density at radius 1 is 1.30 bits per heavy atom. The maximum Gasteiger partial charge on any atom is 0.238 e. The number of nitrogens with one attached hydrogen (secondary N) is 2. The summed E-state index contributed by atoms with van der Waals surface area (Å²) < 4.78 is 5.36. The molecule has 0 aliphatic carbocycles. The van der Waals surface area contributed by atoms with Crippen molar-refractivity contribution in [2.45, 2.75) is 13.3 Å². The lowest BCUT2D eigenvalue weighted by atomic mass is 10.3. The van der Waals surface area contributed by atoms with E-state index in [2.05, 4.69) is 10.6 Å². The van der Waals surface area contributed by atoms with Crippen LogP contribution in [-0.2, 0) is 4.79 Å². The van der Waals surface area contributed by atoms with Crippen LogP contribution < -0.4 is 15.4 Å². The van der Waals surface area contributed by atoms with Crippen LogP contribution in [0, 0.1) is 0 Å². The van der Waals surface area contributed by atoms with E-state index in [4.69, 9.17) is 4.74 Å². The maximum absolute atomic E-state index is 11.9. The van der Waals surface area contributed by atoms with Gasteiger partial charge in [0, 0.05) is 5.69 Å². The van der Waals surface area contributed by atoms with E-state index < -0.39 is 0 Å². The number of rotatable bonds is 9. The van der Waals surface area contributed by atoms with Gasteiger partial charge < -0.3 is 15.4 Å². The molecule has 5 nitrogen and oxygen atoms in total. The highest BCUT2D eigenvalue weighted by atomic mass is 16.5. The molecule has 1 aromatic carbocycles. The summed E-state index contributed by atoms with van der Waals surface area (Å²) in [5.41, 5.74) is 0.794. The van der Waals surface area contributed by atoms with Crippen molar-refractivity contribution in [2.75, 3.05) is 45.7 Å². The molecule has 0 aromatic heterocycles. The standard InChI is InChI=1S/C15H25N3O2/c1-4-20-14-8-6-13(7-9-14)17-15(19)12-18(3)11-5-10-16-2/h6-9,16H,4-5,10-12H2,1-3H3,(H,17,19). The Kier molecular flexibility index (Phi) is 7.69. The molecular weight excluding hydrogens is 254 g/mol. The van der Waals surface area contributed by atoms with Gasteiger partial charge in [0.2, 0.25) is 5.91 Å². The molecule has 1 aromatic rings. The average Bonchev–Trinajstić information content (AvgIpc) is 2.41. The van der Waals surface area contributed by atoms with Gasteiger partial charge in [-0.05, 0) is 64.8 Å². The minimum atomic E-state index is 0.00103. The molecule has 5 heteroatoms. The number of nitrogens with zero attached hydrogens (tertiary/aromatic N) is 1. The average molecular weight is 279 g/mol. The van der Waals surface area contributed by atoms with Gasteiger partial charge in [0.1, 0.15) is 5.75 Å². The fraction of sp³-hybridized carbons (Fsp3) is 0.533. The third-order valence-corrected chi connectivity index (χ3v) is 2.83. The lowest BCUT2D eigenvalue weighted by Crippen LogP contribution is -2.31. The molecule has 112 valence electrons. The molecule has 20 heavy (non-hydrogen) atoms. The van der Waals surface area contributed by atoms with E-state index in [1.54, 1.807) is 0 Å². The summed E-state index contributed by atoms with van der Waals surface area (Å²) in [5.74, 6) is 0.816. The number of benzene rings is 1. The van der Waals surface area contributed by atoms with E-state index in [0.29, 0.717) is 13.2 Å². The first-order valence-corrected chi connectivity index (χ1v) is 7.01. The summed E-state index contributed by atoms with van der Waals surface area (Å²) in [5, 5.41) is 5.97. The second kappa shape index (κ2) is 9.34. The fourth-order valence-electron chi connectivity index (χ4n) is 1.85. The Labute approximate surface area is 121 Å². The summed E-state index contributed by atoms with van der Waals surface area (Å²) in [6.07, 6.45) is 1.03. The quantitative estimate of drug-likeness (QED) is 0.674. The van der Waals surface area contributed by atoms with Crippen LogP contribution in [0.1, 0.15) is 13.3 Å². The number of ether oxygens (including phenoxy) is 1. The molecular formula is C15H25N3O2. The van der Waals surface area contributed by atoms with Crippen molar-refractivity contribution in [1.29, 1.82) is 0 Å². The van der Waals surface area contributed by atoms with Crippen LogP contribution in [0.5, 0.6) is 5.75 Å². The predicted octanol–water partition coefficient (Wildman–Crippen LogP) is 1.57. The Bertz CT molecular complexity index is 393. The van der Waals surface area contributed by atoms with Crippen molar-refractivity contribution in [2.24, 2.45) is 0 Å². The fourth-order valence-corrected chi connectivity index (χ4v) is 1.85. The Morgan fingerprint density at radius 3 is 2.60 bits per heavy atom. The summed E-state index contributed by atoms with van der Waals surface area (Å²) in [7, 11) is 3.88. The Balaban J connectivity index is 2.34. The number of hydrogen-bond donors (Lipinski definition) is 2. The minimum absolute atomic E-state index is 0.00103. The molecule has 0 aliphatic rings. The first-order valence-electron chi connectivity index (χ1n) is 7.01. The maximum atomic E-state index is 11.9. The highest BCUT2D eigenvalue weighted by molar-refractivity contribution is 5.92. The lowest BCUT2D eigenvalue weighted by molar-refractivity contribution is -0.117. The van der Waals surface area contributed by atoms with Crippen molar-refractivity contribution in [3.63, 3.8) is 0 Å². The monoisotopic (exact) mass is 279 g/mol. The molecule has 0 spiro atoms. The molecule has 0 saturated carbocycles. The third-order valence-electron chi connectivity index (χ3n) is 2.83. The summed E-state index contributed by atoms with van der Waals surface area (Å²) in [6.45, 7) is 4.85. The number of anilines is 1. The van der Waals surface area contributed by atoms with Gasteiger partial charge in [0.15, 0.2) is 0 Å². The molecule has 2 N–H and O–H groups in total. The molecule has 0 atom stereocenters. The van der Waals surface area contributed by atoms with Crippen molar-refractivity contribution in [3.05, 3.63) is 24.3 Å². The van der Waals surface area contributed by atoms with Gasteiger partial charge in [-0.15, -0.1) is 0 Å². The summed E-state index contributed by atoms with van der Waals surface area (Å²) in [6, 6.07) is 7.42. The smallest absolute Gasteiger partial charge is 0.238 e. The van der Waals surface area contributed by atoms with Crippen molar-refractivity contribution in [1.82, 2.24) is 10.2 Å². The predicted molar refractivity (Wildman–Crippen MR) is 82.3 cm³/mol. The molecule has 0 radical (unpaired) electrons. The van der Waals surface area contributed by atoms with Crippen LogP contribution in [0.25, 0.3) is 0 Å². The van der Waals surface area contributed by atoms with Crippen molar-refractivity contribution < 1.29 is 9.53 Å². The third kappa shape index (κ3) is 6.54. The van der Waals surface area contributed by atoms with Crippen molar-refractivity contribution in [3.8, 4) is 5.75 Å². The van der Waals surface area contributed by atoms with Gasteiger partial charge in [0.25, 0.3) is 0 Å². The van der Waals surface area contributed by atoms with Crippen molar-refractivity contribution >= 4 is 11.6 Å². The number of likely N-dealkylation sites (N-methyl/N-ethyl adjacent to an activating group) is 1. The van der Waals surface area contributed by atoms with Gasteiger partial charge in [-0.25, -0.2) is 0 Å². The SMILES string of the molecule is CCOc1ccc(NC(=O)CN(C)CCCNC)cc1. The lowest BCUT2D eigenvalue weighted by Gasteiger charge is -2.16. The Hall–Kier alpha value is -1.59. The van der Waals surface area contributed by atoms with Crippen LogP contribution in [0.2, 0.25) is 0 Å². The van der Waals surface area contributed by atoms with Crippen LogP contribution >= 0.6 is 0 Å². The minimum Gasteiger partial charge on any atom is -0.494 e. The molecule has 0 heterocycles. The van der Waals surface area contributed by atoms with E-state index in [0.717, 1.165) is 30.9 Å². The molecule has 0 unspecified atom stereocenters. The Morgan fingerprint density at radius 2 is 2.00 bits per heavy atom. The van der Waals surface area contributed by atoms with Crippen LogP contribution in [0.4, 0.5) is 5.69 Å². The van der Waals surface area contributed by atoms with E-state index in [1.807, 2.05) is 50.2 Å². The number of amides is 1. The largest absolute Gasteiger partial charge is 0.494 e. The highest BCUT2D eigenvalue weighted by Crippen LogP contribution is 2.15. The zero-order valence-electron chi connectivity index (χ0n) is 12.6. The van der Waals surface area contributed by atoms with E-state index in [-0.39, 0.29) is 5.91 Å². The van der Waals surface area contributed by atoms with E-state index >= 15 is 0 Å². The zero-order chi connectivity index (χ0) is 14.8. The van der Waals surface area contributed by atoms with Gasteiger partial charge in [-0.3, -0.25) is 9.69 Å². The van der Waals surface area contributed by atoms with Crippen LogP contribution in [0.15, 0.2) is 24.3 Å². The number of carbonyl (C=O) groups is 1. The second-order valence-corrected chi connectivity index (χ2v) is 4.70. The zero-order valence-corrected chi connectivity index (χ0v) is 12.6. The summed E-state index contributed by atoms with van der Waals surface area (Å²) >= 11 is 0. The first kappa shape index (κ1) is 16.5. The number of hydrogen-bond acceptors (Lipinski definition) is 4. The number of carbonyl (C=O) groups excluding carboxylic acids is 1. The molecule has 0 aliphatic heterocycles. The van der Waals surface area contributed by atoms with Gasteiger partial charge >= 0.3 is 0 Å². The molecule has 0 fully saturated rings. The first-order chi connectivity index (χ1) is 9.65.